The third-order valence-electron chi connectivity index (χ3n) is 2.45. The number of aromatic nitrogens is 2. The van der Waals surface area contributed by atoms with Gasteiger partial charge in [0.05, 0.1) is 10.7 Å². The van der Waals surface area contributed by atoms with Gasteiger partial charge in [0.2, 0.25) is 0 Å². The summed E-state index contributed by atoms with van der Waals surface area (Å²) in [4.78, 5) is 0. The van der Waals surface area contributed by atoms with Crippen molar-refractivity contribution in [1.29, 1.82) is 0 Å². The highest BCUT2D eigenvalue weighted by molar-refractivity contribution is 7.99. The molecular formula is C11H21N3S. The number of hydrogen-bond acceptors (Lipinski definition) is 3. The Labute approximate surface area is 96.4 Å². The van der Waals surface area contributed by atoms with Crippen LogP contribution in [-0.2, 0) is 7.05 Å². The van der Waals surface area contributed by atoms with Gasteiger partial charge in [-0.2, -0.15) is 5.10 Å². The molecule has 0 fully saturated rings. The van der Waals surface area contributed by atoms with Gasteiger partial charge in [0.25, 0.3) is 0 Å². The van der Waals surface area contributed by atoms with E-state index < -0.39 is 0 Å². The summed E-state index contributed by atoms with van der Waals surface area (Å²) >= 11 is 1.87. The molecule has 1 heterocycles. The topological polar surface area (TPSA) is 43.8 Å². The van der Waals surface area contributed by atoms with Crippen molar-refractivity contribution in [2.45, 2.75) is 44.2 Å². The van der Waals surface area contributed by atoms with Gasteiger partial charge in [0, 0.05) is 13.1 Å². The molecule has 15 heavy (non-hydrogen) atoms. The van der Waals surface area contributed by atoms with Crippen LogP contribution >= 0.6 is 11.8 Å². The summed E-state index contributed by atoms with van der Waals surface area (Å²) in [5.41, 5.74) is 6.95. The summed E-state index contributed by atoms with van der Waals surface area (Å²) in [6, 6.07) is 2.50. The lowest BCUT2D eigenvalue weighted by atomic mass is 10.1. The third-order valence-corrected chi connectivity index (χ3v) is 3.62. The quantitative estimate of drug-likeness (QED) is 0.599. The molecule has 0 aliphatic rings. The van der Waals surface area contributed by atoms with E-state index in [1.54, 1.807) is 0 Å². The van der Waals surface area contributed by atoms with E-state index >= 15 is 0 Å². The van der Waals surface area contributed by atoms with Crippen molar-refractivity contribution in [2.24, 2.45) is 12.8 Å². The van der Waals surface area contributed by atoms with Crippen LogP contribution in [0.2, 0.25) is 0 Å². The first kappa shape index (κ1) is 12.6. The minimum absolute atomic E-state index is 0.374. The maximum atomic E-state index is 5.86. The Morgan fingerprint density at radius 3 is 2.87 bits per heavy atom. The van der Waals surface area contributed by atoms with Crippen LogP contribution in [0.1, 0.15) is 31.9 Å². The highest BCUT2D eigenvalue weighted by atomic mass is 32.2. The fourth-order valence-electron chi connectivity index (χ4n) is 1.45. The number of nitrogens with zero attached hydrogens (tertiary/aromatic N) is 2. The molecule has 1 atom stereocenters. The van der Waals surface area contributed by atoms with Gasteiger partial charge in [0.15, 0.2) is 0 Å². The second-order valence-corrected chi connectivity index (χ2v) is 5.02. The molecule has 0 aromatic carbocycles. The fourth-order valence-corrected chi connectivity index (χ4v) is 2.45. The minimum atomic E-state index is 0.374. The fraction of sp³-hybridized carbons (Fsp3) is 0.727. The molecule has 4 heteroatoms. The molecule has 1 aromatic heterocycles. The van der Waals surface area contributed by atoms with Crippen LogP contribution in [0.25, 0.3) is 0 Å². The standard InChI is InChI=1S/C11H21N3S/c1-4-10(12)6-5-7-15-11-8-9(2)13-14(11)3/h8,10H,4-7,12H2,1-3H3. The molecular weight excluding hydrogens is 206 g/mol. The third kappa shape index (κ3) is 4.26. The lowest BCUT2D eigenvalue weighted by Crippen LogP contribution is -2.18. The van der Waals surface area contributed by atoms with Crippen LogP contribution in [0.15, 0.2) is 11.1 Å². The summed E-state index contributed by atoms with van der Waals surface area (Å²) in [5.74, 6) is 1.13. The van der Waals surface area contributed by atoms with Gasteiger partial charge in [-0.15, -0.1) is 11.8 Å². The molecule has 0 aliphatic carbocycles. The van der Waals surface area contributed by atoms with Crippen LogP contribution in [0, 0.1) is 6.92 Å². The average Bonchev–Trinajstić information content (AvgIpc) is 2.52. The van der Waals surface area contributed by atoms with Crippen molar-refractivity contribution in [3.05, 3.63) is 11.8 Å². The Morgan fingerprint density at radius 1 is 1.60 bits per heavy atom. The maximum absolute atomic E-state index is 5.86. The number of thioether (sulfide) groups is 1. The number of hydrogen-bond donors (Lipinski definition) is 1. The number of rotatable bonds is 6. The van der Waals surface area contributed by atoms with E-state index in [0.29, 0.717) is 6.04 Å². The van der Waals surface area contributed by atoms with E-state index in [-0.39, 0.29) is 0 Å². The van der Waals surface area contributed by atoms with Gasteiger partial charge < -0.3 is 5.73 Å². The average molecular weight is 227 g/mol. The molecule has 1 rings (SSSR count). The van der Waals surface area contributed by atoms with Crippen LogP contribution in [-0.4, -0.2) is 21.6 Å². The Hall–Kier alpha value is -0.480. The predicted octanol–water partition coefficient (Wildman–Crippen LogP) is 2.34. The molecule has 0 saturated carbocycles. The molecule has 86 valence electrons. The lowest BCUT2D eigenvalue weighted by Gasteiger charge is -2.07. The summed E-state index contributed by atoms with van der Waals surface area (Å²) < 4.78 is 1.94. The lowest BCUT2D eigenvalue weighted by molar-refractivity contribution is 0.589. The van der Waals surface area contributed by atoms with Crippen molar-refractivity contribution in [1.82, 2.24) is 9.78 Å². The summed E-state index contributed by atoms with van der Waals surface area (Å²) in [6.45, 7) is 4.17. The molecule has 3 nitrogen and oxygen atoms in total. The molecule has 1 aromatic rings. The van der Waals surface area contributed by atoms with Crippen molar-refractivity contribution >= 4 is 11.8 Å². The Bertz CT molecular complexity index is 296. The molecule has 2 N–H and O–H groups in total. The molecule has 0 spiro atoms. The maximum Gasteiger partial charge on any atom is 0.0939 e. The van der Waals surface area contributed by atoms with E-state index in [0.717, 1.165) is 24.3 Å². The zero-order valence-electron chi connectivity index (χ0n) is 9.86. The normalized spacial score (nSPS) is 13.1. The van der Waals surface area contributed by atoms with E-state index in [1.807, 2.05) is 30.4 Å². The van der Waals surface area contributed by atoms with Crippen molar-refractivity contribution in [3.8, 4) is 0 Å². The second kappa shape index (κ2) is 6.18. The summed E-state index contributed by atoms with van der Waals surface area (Å²) in [7, 11) is 1.99. The van der Waals surface area contributed by atoms with E-state index in [4.69, 9.17) is 5.73 Å². The SMILES string of the molecule is CCC(N)CCCSc1cc(C)nn1C. The van der Waals surface area contributed by atoms with E-state index in [9.17, 15) is 0 Å². The molecule has 1 unspecified atom stereocenters. The minimum Gasteiger partial charge on any atom is -0.328 e. The first-order chi connectivity index (χ1) is 7.13. The predicted molar refractivity (Wildman–Crippen MR) is 66.2 cm³/mol. The summed E-state index contributed by atoms with van der Waals surface area (Å²) in [5, 5.41) is 5.56. The summed E-state index contributed by atoms with van der Waals surface area (Å²) in [6.07, 6.45) is 3.39. The van der Waals surface area contributed by atoms with Crippen LogP contribution in [0.5, 0.6) is 0 Å². The van der Waals surface area contributed by atoms with Crippen LogP contribution < -0.4 is 5.73 Å². The first-order valence-corrected chi connectivity index (χ1v) is 6.51. The highest BCUT2D eigenvalue weighted by Gasteiger charge is 2.03. The largest absolute Gasteiger partial charge is 0.328 e. The molecule has 0 radical (unpaired) electrons. The molecule has 0 aliphatic heterocycles. The first-order valence-electron chi connectivity index (χ1n) is 5.52. The van der Waals surface area contributed by atoms with Crippen LogP contribution in [0.4, 0.5) is 0 Å². The van der Waals surface area contributed by atoms with Gasteiger partial charge in [0.1, 0.15) is 0 Å². The Morgan fingerprint density at radius 2 is 2.33 bits per heavy atom. The zero-order chi connectivity index (χ0) is 11.3. The zero-order valence-corrected chi connectivity index (χ0v) is 10.7. The van der Waals surface area contributed by atoms with E-state index in [1.165, 1.54) is 11.4 Å². The van der Waals surface area contributed by atoms with E-state index in [2.05, 4.69) is 18.1 Å². The van der Waals surface area contributed by atoms with Crippen molar-refractivity contribution in [3.63, 3.8) is 0 Å². The highest BCUT2D eigenvalue weighted by Crippen LogP contribution is 2.19. The number of aryl methyl sites for hydroxylation is 2. The van der Waals surface area contributed by atoms with Crippen molar-refractivity contribution in [2.75, 3.05) is 5.75 Å². The number of nitrogens with two attached hydrogens (primary N) is 1. The molecule has 0 amide bonds. The van der Waals surface area contributed by atoms with Gasteiger partial charge in [-0.05, 0) is 38.0 Å². The van der Waals surface area contributed by atoms with Gasteiger partial charge in [-0.25, -0.2) is 0 Å². The molecule has 0 bridgehead atoms. The monoisotopic (exact) mass is 227 g/mol. The smallest absolute Gasteiger partial charge is 0.0939 e. The molecule has 0 saturated heterocycles. The van der Waals surface area contributed by atoms with Crippen molar-refractivity contribution < 1.29 is 0 Å². The van der Waals surface area contributed by atoms with Crippen LogP contribution in [0.3, 0.4) is 0 Å². The van der Waals surface area contributed by atoms with Gasteiger partial charge >= 0.3 is 0 Å². The Kier molecular flexibility index (Phi) is 5.19. The van der Waals surface area contributed by atoms with Gasteiger partial charge in [-0.1, -0.05) is 6.92 Å². The second-order valence-electron chi connectivity index (χ2n) is 3.91. The van der Waals surface area contributed by atoms with Gasteiger partial charge in [-0.3, -0.25) is 4.68 Å². The Balaban J connectivity index is 2.23.